The van der Waals surface area contributed by atoms with E-state index in [0.29, 0.717) is 10.3 Å². The van der Waals surface area contributed by atoms with E-state index in [1.165, 1.54) is 24.4 Å². The number of rotatable bonds is 3. The monoisotopic (exact) mass is 369 g/mol. The van der Waals surface area contributed by atoms with Crippen LogP contribution in [-0.2, 0) is 9.84 Å². The lowest BCUT2D eigenvalue weighted by molar-refractivity contribution is 0.102. The Hall–Kier alpha value is -1.93. The molecular formula is C13H12BrN3O3S. The largest absolute Gasteiger partial charge is 0.399 e. The van der Waals surface area contributed by atoms with Crippen LogP contribution in [-0.4, -0.2) is 25.6 Å². The normalized spacial score (nSPS) is 11.1. The molecule has 0 radical (unpaired) electrons. The van der Waals surface area contributed by atoms with Gasteiger partial charge in [-0.15, -0.1) is 0 Å². The van der Waals surface area contributed by atoms with Crippen molar-refractivity contribution < 1.29 is 13.2 Å². The number of anilines is 2. The van der Waals surface area contributed by atoms with Crippen LogP contribution >= 0.6 is 15.9 Å². The van der Waals surface area contributed by atoms with Crippen LogP contribution in [0, 0.1) is 0 Å². The van der Waals surface area contributed by atoms with Gasteiger partial charge in [-0.1, -0.05) is 0 Å². The number of pyridine rings is 1. The molecule has 8 heteroatoms. The number of amides is 1. The summed E-state index contributed by atoms with van der Waals surface area (Å²) in [5.41, 5.74) is 5.99. The van der Waals surface area contributed by atoms with Gasteiger partial charge in [-0.25, -0.2) is 13.4 Å². The molecule has 1 aromatic heterocycles. The number of carbonyl (C=O) groups excluding carboxylic acids is 1. The number of hydrogen-bond donors (Lipinski definition) is 2. The lowest BCUT2D eigenvalue weighted by Gasteiger charge is -2.08. The third-order valence-electron chi connectivity index (χ3n) is 2.61. The Labute approximate surface area is 130 Å². The number of aromatic nitrogens is 1. The minimum atomic E-state index is -3.45. The third kappa shape index (κ3) is 3.79. The number of halogens is 1. The molecule has 110 valence electrons. The summed E-state index contributed by atoms with van der Waals surface area (Å²) in [7, 11) is -3.45. The van der Waals surface area contributed by atoms with Crippen molar-refractivity contribution in [2.24, 2.45) is 0 Å². The number of nitrogen functional groups attached to an aromatic ring is 1. The van der Waals surface area contributed by atoms with E-state index in [9.17, 15) is 13.2 Å². The van der Waals surface area contributed by atoms with Crippen molar-refractivity contribution in [3.63, 3.8) is 0 Å². The van der Waals surface area contributed by atoms with Gasteiger partial charge < -0.3 is 11.1 Å². The highest BCUT2D eigenvalue weighted by Gasteiger charge is 2.14. The summed E-state index contributed by atoms with van der Waals surface area (Å²) < 4.78 is 23.7. The number of nitrogens with one attached hydrogen (secondary N) is 1. The van der Waals surface area contributed by atoms with E-state index in [-0.39, 0.29) is 16.1 Å². The van der Waals surface area contributed by atoms with E-state index < -0.39 is 15.7 Å². The number of benzene rings is 1. The molecule has 0 unspecified atom stereocenters. The fourth-order valence-electron chi connectivity index (χ4n) is 1.62. The average molecular weight is 370 g/mol. The molecule has 1 heterocycles. The van der Waals surface area contributed by atoms with Gasteiger partial charge in [0.25, 0.3) is 5.91 Å². The number of nitrogens with two attached hydrogens (primary N) is 1. The Bertz CT molecular complexity index is 806. The van der Waals surface area contributed by atoms with Crippen LogP contribution in [0.3, 0.4) is 0 Å². The molecule has 0 saturated heterocycles. The summed E-state index contributed by atoms with van der Waals surface area (Å²) in [4.78, 5) is 16.2. The van der Waals surface area contributed by atoms with Crippen LogP contribution in [0.25, 0.3) is 0 Å². The molecular weight excluding hydrogens is 358 g/mol. The second-order valence-electron chi connectivity index (χ2n) is 4.35. The Balaban J connectivity index is 2.36. The zero-order valence-corrected chi connectivity index (χ0v) is 13.4. The van der Waals surface area contributed by atoms with Gasteiger partial charge in [0.05, 0.1) is 9.37 Å². The van der Waals surface area contributed by atoms with Crippen LogP contribution in [0.15, 0.2) is 45.9 Å². The number of sulfone groups is 1. The van der Waals surface area contributed by atoms with Crippen molar-refractivity contribution in [3.05, 3.63) is 46.6 Å². The quantitative estimate of drug-likeness (QED) is 0.806. The SMILES string of the molecule is CS(=O)(=O)c1cc(N)cc(C(=O)Nc2ncccc2Br)c1. The zero-order chi connectivity index (χ0) is 15.6. The first-order valence-electron chi connectivity index (χ1n) is 5.80. The molecule has 0 fully saturated rings. The summed E-state index contributed by atoms with van der Waals surface area (Å²) >= 11 is 3.26. The van der Waals surface area contributed by atoms with E-state index in [2.05, 4.69) is 26.2 Å². The first kappa shape index (κ1) is 15.5. The molecule has 0 atom stereocenters. The lowest BCUT2D eigenvalue weighted by Crippen LogP contribution is -2.14. The van der Waals surface area contributed by atoms with Crippen LogP contribution in [0.4, 0.5) is 11.5 Å². The number of nitrogens with zero attached hydrogens (tertiary/aromatic N) is 1. The fraction of sp³-hybridized carbons (Fsp3) is 0.0769. The highest BCUT2D eigenvalue weighted by Crippen LogP contribution is 2.21. The van der Waals surface area contributed by atoms with Crippen molar-refractivity contribution in [2.75, 3.05) is 17.3 Å². The Morgan fingerprint density at radius 1 is 1.33 bits per heavy atom. The predicted octanol–water partition coefficient (Wildman–Crippen LogP) is 2.08. The zero-order valence-electron chi connectivity index (χ0n) is 11.0. The number of carbonyl (C=O) groups is 1. The van der Waals surface area contributed by atoms with Gasteiger partial charge in [0.1, 0.15) is 5.82 Å². The van der Waals surface area contributed by atoms with E-state index >= 15 is 0 Å². The first-order chi connectivity index (χ1) is 9.77. The summed E-state index contributed by atoms with van der Waals surface area (Å²) in [5, 5.41) is 2.59. The van der Waals surface area contributed by atoms with Crippen LogP contribution in [0.1, 0.15) is 10.4 Å². The van der Waals surface area contributed by atoms with Crippen molar-refractivity contribution in [3.8, 4) is 0 Å². The van der Waals surface area contributed by atoms with Gasteiger partial charge in [0.2, 0.25) is 0 Å². The number of hydrogen-bond acceptors (Lipinski definition) is 5. The van der Waals surface area contributed by atoms with Crippen LogP contribution in [0.5, 0.6) is 0 Å². The van der Waals surface area contributed by atoms with Crippen molar-refractivity contribution in [2.45, 2.75) is 4.90 Å². The molecule has 0 spiro atoms. The molecule has 0 aliphatic rings. The van der Waals surface area contributed by atoms with E-state index in [0.717, 1.165) is 6.26 Å². The van der Waals surface area contributed by atoms with E-state index in [1.54, 1.807) is 12.1 Å². The molecule has 0 bridgehead atoms. The highest BCUT2D eigenvalue weighted by molar-refractivity contribution is 9.10. The Morgan fingerprint density at radius 3 is 2.67 bits per heavy atom. The molecule has 21 heavy (non-hydrogen) atoms. The van der Waals surface area contributed by atoms with Crippen molar-refractivity contribution in [1.29, 1.82) is 0 Å². The summed E-state index contributed by atoms with van der Waals surface area (Å²) in [6.07, 6.45) is 2.58. The molecule has 0 saturated carbocycles. The fourth-order valence-corrected chi connectivity index (χ4v) is 2.67. The minimum Gasteiger partial charge on any atom is -0.399 e. The van der Waals surface area contributed by atoms with E-state index in [1.807, 2.05) is 0 Å². The van der Waals surface area contributed by atoms with Crippen molar-refractivity contribution in [1.82, 2.24) is 4.98 Å². The third-order valence-corrected chi connectivity index (χ3v) is 4.34. The topological polar surface area (TPSA) is 102 Å². The molecule has 3 N–H and O–H groups in total. The maximum atomic E-state index is 12.2. The maximum Gasteiger partial charge on any atom is 0.256 e. The molecule has 1 amide bonds. The van der Waals surface area contributed by atoms with Gasteiger partial charge in [0.15, 0.2) is 9.84 Å². The van der Waals surface area contributed by atoms with Gasteiger partial charge in [-0.05, 0) is 46.3 Å². The molecule has 0 aliphatic carbocycles. The first-order valence-corrected chi connectivity index (χ1v) is 8.48. The van der Waals surface area contributed by atoms with Gasteiger partial charge in [-0.2, -0.15) is 0 Å². The average Bonchev–Trinajstić information content (AvgIpc) is 2.39. The molecule has 1 aromatic carbocycles. The maximum absolute atomic E-state index is 12.2. The molecule has 6 nitrogen and oxygen atoms in total. The van der Waals surface area contributed by atoms with Crippen LogP contribution in [0.2, 0.25) is 0 Å². The lowest BCUT2D eigenvalue weighted by atomic mass is 10.2. The summed E-state index contributed by atoms with van der Waals surface area (Å²) in [5.74, 6) is -0.155. The second kappa shape index (κ2) is 5.82. The minimum absolute atomic E-state index is 0.00673. The smallest absolute Gasteiger partial charge is 0.256 e. The standard InChI is InChI=1S/C13H12BrN3O3S/c1-21(19,20)10-6-8(5-9(15)7-10)13(18)17-12-11(14)3-2-4-16-12/h2-7H,15H2,1H3,(H,16,17,18). The van der Waals surface area contributed by atoms with Crippen molar-refractivity contribution >= 4 is 43.2 Å². The van der Waals surface area contributed by atoms with Gasteiger partial charge in [-0.3, -0.25) is 4.79 Å². The predicted molar refractivity (Wildman–Crippen MR) is 83.9 cm³/mol. The Kier molecular flexibility index (Phi) is 4.29. The van der Waals surface area contributed by atoms with Crippen LogP contribution < -0.4 is 11.1 Å². The van der Waals surface area contributed by atoms with E-state index in [4.69, 9.17) is 5.73 Å². The Morgan fingerprint density at radius 2 is 2.05 bits per heavy atom. The second-order valence-corrected chi connectivity index (χ2v) is 7.22. The highest BCUT2D eigenvalue weighted by atomic mass is 79.9. The molecule has 2 aromatic rings. The van der Waals surface area contributed by atoms with Gasteiger partial charge in [0, 0.05) is 23.7 Å². The summed E-state index contributed by atoms with van der Waals surface area (Å²) in [6.45, 7) is 0. The van der Waals surface area contributed by atoms with Gasteiger partial charge >= 0.3 is 0 Å². The molecule has 2 rings (SSSR count). The summed E-state index contributed by atoms with van der Waals surface area (Å²) in [6, 6.07) is 7.42. The molecule has 0 aliphatic heterocycles.